The molecule has 2 aromatic rings. The van der Waals surface area contributed by atoms with Gasteiger partial charge < -0.3 is 10.1 Å². The van der Waals surface area contributed by atoms with E-state index in [4.69, 9.17) is 4.74 Å². The van der Waals surface area contributed by atoms with Gasteiger partial charge in [0.25, 0.3) is 0 Å². The van der Waals surface area contributed by atoms with E-state index in [9.17, 15) is 4.79 Å². The number of anilines is 1. The van der Waals surface area contributed by atoms with E-state index in [1.165, 1.54) is 5.39 Å². The number of carbonyl (C=O) groups is 1. The second-order valence-corrected chi connectivity index (χ2v) is 5.33. The normalized spacial score (nSPS) is 10.9. The minimum atomic E-state index is -0.0102. The van der Waals surface area contributed by atoms with Crippen molar-refractivity contribution in [3.8, 4) is 0 Å². The Bertz CT molecular complexity index is 578. The zero-order valence-electron chi connectivity index (χ0n) is 12.1. The second kappa shape index (κ2) is 7.06. The van der Waals surface area contributed by atoms with E-state index in [0.717, 1.165) is 11.1 Å². The van der Waals surface area contributed by atoms with Crippen LogP contribution in [0.4, 0.5) is 5.69 Å². The second-order valence-electron chi connectivity index (χ2n) is 5.33. The summed E-state index contributed by atoms with van der Waals surface area (Å²) < 4.78 is 5.41. The molecule has 0 bridgehead atoms. The lowest BCUT2D eigenvalue weighted by Crippen LogP contribution is -2.15. The van der Waals surface area contributed by atoms with Gasteiger partial charge in [0.15, 0.2) is 0 Å². The van der Waals surface area contributed by atoms with Crippen LogP contribution in [0.15, 0.2) is 42.5 Å². The predicted octanol–water partition coefficient (Wildman–Crippen LogP) is 3.84. The van der Waals surface area contributed by atoms with Crippen LogP contribution in [0.3, 0.4) is 0 Å². The van der Waals surface area contributed by atoms with Crippen LogP contribution in [0.25, 0.3) is 10.8 Å². The smallest absolute Gasteiger partial charge is 0.226 e. The molecule has 0 fully saturated rings. The molecule has 3 nitrogen and oxygen atoms in total. The number of fused-ring (bicyclic) bond motifs is 1. The third-order valence-electron chi connectivity index (χ3n) is 2.96. The van der Waals surface area contributed by atoms with Crippen molar-refractivity contribution in [2.75, 3.05) is 18.5 Å². The van der Waals surface area contributed by atoms with Crippen LogP contribution in [0, 0.1) is 5.92 Å². The van der Waals surface area contributed by atoms with Crippen LogP contribution in [0.5, 0.6) is 0 Å². The fourth-order valence-electron chi connectivity index (χ4n) is 1.97. The molecule has 0 unspecified atom stereocenters. The van der Waals surface area contributed by atoms with Gasteiger partial charge in [0.1, 0.15) is 0 Å². The highest BCUT2D eigenvalue weighted by molar-refractivity contribution is 5.94. The van der Waals surface area contributed by atoms with Crippen LogP contribution in [0.1, 0.15) is 20.3 Å². The summed E-state index contributed by atoms with van der Waals surface area (Å²) in [7, 11) is 0. The zero-order valence-corrected chi connectivity index (χ0v) is 12.1. The number of amides is 1. The first-order valence-electron chi connectivity index (χ1n) is 7.01. The molecule has 20 heavy (non-hydrogen) atoms. The van der Waals surface area contributed by atoms with Crippen molar-refractivity contribution in [2.24, 2.45) is 5.92 Å². The Hall–Kier alpha value is -1.87. The van der Waals surface area contributed by atoms with Gasteiger partial charge in [-0.2, -0.15) is 0 Å². The zero-order chi connectivity index (χ0) is 14.4. The van der Waals surface area contributed by atoms with E-state index in [1.54, 1.807) is 0 Å². The molecule has 0 aliphatic heterocycles. The van der Waals surface area contributed by atoms with Gasteiger partial charge in [-0.15, -0.1) is 0 Å². The molecule has 0 aliphatic rings. The third-order valence-corrected chi connectivity index (χ3v) is 2.96. The minimum absolute atomic E-state index is 0.0102. The van der Waals surface area contributed by atoms with Gasteiger partial charge in [-0.3, -0.25) is 4.79 Å². The topological polar surface area (TPSA) is 38.3 Å². The van der Waals surface area contributed by atoms with Crippen molar-refractivity contribution in [3.05, 3.63) is 42.5 Å². The van der Waals surface area contributed by atoms with Crippen LogP contribution >= 0.6 is 0 Å². The first-order valence-corrected chi connectivity index (χ1v) is 7.01. The minimum Gasteiger partial charge on any atom is -0.381 e. The maximum absolute atomic E-state index is 11.8. The first kappa shape index (κ1) is 14.5. The van der Waals surface area contributed by atoms with Crippen LogP contribution in [-0.2, 0) is 9.53 Å². The quantitative estimate of drug-likeness (QED) is 0.811. The average molecular weight is 271 g/mol. The highest BCUT2D eigenvalue weighted by Crippen LogP contribution is 2.18. The molecule has 3 heteroatoms. The lowest BCUT2D eigenvalue weighted by Gasteiger charge is -2.08. The molecule has 0 saturated heterocycles. The van der Waals surface area contributed by atoms with Gasteiger partial charge in [-0.25, -0.2) is 0 Å². The fraction of sp³-hybridized carbons (Fsp3) is 0.353. The molecule has 106 valence electrons. The molecular formula is C17H21NO2. The van der Waals surface area contributed by atoms with E-state index in [0.29, 0.717) is 25.6 Å². The number of rotatable bonds is 6. The fourth-order valence-corrected chi connectivity index (χ4v) is 1.97. The summed E-state index contributed by atoms with van der Waals surface area (Å²) >= 11 is 0. The Balaban J connectivity index is 1.86. The number of hydrogen-bond acceptors (Lipinski definition) is 2. The lowest BCUT2D eigenvalue weighted by molar-refractivity contribution is -0.117. The third kappa shape index (κ3) is 4.35. The van der Waals surface area contributed by atoms with Gasteiger partial charge in [0.2, 0.25) is 5.91 Å². The molecule has 2 rings (SSSR count). The van der Waals surface area contributed by atoms with Crippen molar-refractivity contribution in [1.29, 1.82) is 0 Å². The van der Waals surface area contributed by atoms with Gasteiger partial charge in [-0.05, 0) is 28.8 Å². The van der Waals surface area contributed by atoms with E-state index >= 15 is 0 Å². The van der Waals surface area contributed by atoms with E-state index in [-0.39, 0.29) is 5.91 Å². The standard InChI is InChI=1S/C17H21NO2/c1-13(2)12-20-10-9-17(19)18-16-8-7-14-5-3-4-6-15(14)11-16/h3-8,11,13H,9-10,12H2,1-2H3,(H,18,19). The molecular weight excluding hydrogens is 250 g/mol. The molecule has 0 saturated carbocycles. The maximum Gasteiger partial charge on any atom is 0.226 e. The first-order chi connectivity index (χ1) is 9.65. The number of nitrogens with one attached hydrogen (secondary N) is 1. The summed E-state index contributed by atoms with van der Waals surface area (Å²) in [5.41, 5.74) is 0.831. The van der Waals surface area contributed by atoms with E-state index < -0.39 is 0 Å². The Morgan fingerprint density at radius 2 is 1.90 bits per heavy atom. The Kier molecular flexibility index (Phi) is 5.13. The summed E-state index contributed by atoms with van der Waals surface area (Å²) in [6.07, 6.45) is 0.388. The summed E-state index contributed by atoms with van der Waals surface area (Å²) in [6, 6.07) is 14.0. The van der Waals surface area contributed by atoms with Gasteiger partial charge in [0.05, 0.1) is 13.0 Å². The predicted molar refractivity (Wildman–Crippen MR) is 82.9 cm³/mol. The molecule has 0 atom stereocenters. The van der Waals surface area contributed by atoms with Gasteiger partial charge >= 0.3 is 0 Å². The monoisotopic (exact) mass is 271 g/mol. The number of ether oxygens (including phenoxy) is 1. The van der Waals surface area contributed by atoms with Crippen LogP contribution in [-0.4, -0.2) is 19.1 Å². The Morgan fingerprint density at radius 3 is 2.65 bits per heavy atom. The molecule has 0 radical (unpaired) electrons. The van der Waals surface area contributed by atoms with Crippen molar-refractivity contribution in [2.45, 2.75) is 20.3 Å². The van der Waals surface area contributed by atoms with Gasteiger partial charge in [0, 0.05) is 12.3 Å². The molecule has 1 amide bonds. The molecule has 2 aromatic carbocycles. The summed E-state index contributed by atoms with van der Waals surface area (Å²) in [5.74, 6) is 0.489. The highest BCUT2D eigenvalue weighted by atomic mass is 16.5. The van der Waals surface area contributed by atoms with Crippen molar-refractivity contribution in [1.82, 2.24) is 0 Å². The van der Waals surface area contributed by atoms with E-state index in [2.05, 4.69) is 25.2 Å². The summed E-state index contributed by atoms with van der Waals surface area (Å²) in [5, 5.41) is 5.20. The lowest BCUT2D eigenvalue weighted by atomic mass is 10.1. The Labute approximate surface area is 119 Å². The summed E-state index contributed by atoms with van der Waals surface area (Å²) in [4.78, 5) is 11.8. The van der Waals surface area contributed by atoms with E-state index in [1.807, 2.05) is 36.4 Å². The van der Waals surface area contributed by atoms with Crippen LogP contribution < -0.4 is 5.32 Å². The maximum atomic E-state index is 11.8. The number of benzene rings is 2. The largest absolute Gasteiger partial charge is 0.381 e. The SMILES string of the molecule is CC(C)COCCC(=O)Nc1ccc2ccccc2c1. The highest BCUT2D eigenvalue weighted by Gasteiger charge is 2.03. The average Bonchev–Trinajstić information content (AvgIpc) is 2.43. The Morgan fingerprint density at radius 1 is 1.15 bits per heavy atom. The number of carbonyl (C=O) groups excluding carboxylic acids is 1. The van der Waals surface area contributed by atoms with Crippen molar-refractivity contribution >= 4 is 22.4 Å². The van der Waals surface area contributed by atoms with Gasteiger partial charge in [-0.1, -0.05) is 44.2 Å². The molecule has 0 spiro atoms. The van der Waals surface area contributed by atoms with Crippen molar-refractivity contribution < 1.29 is 9.53 Å². The molecule has 0 heterocycles. The summed E-state index contributed by atoms with van der Waals surface area (Å²) in [6.45, 7) is 5.35. The molecule has 0 aromatic heterocycles. The van der Waals surface area contributed by atoms with Crippen molar-refractivity contribution in [3.63, 3.8) is 0 Å². The molecule has 0 aliphatic carbocycles. The molecule has 1 N–H and O–H groups in total. The van der Waals surface area contributed by atoms with Crippen LogP contribution in [0.2, 0.25) is 0 Å². The number of hydrogen-bond donors (Lipinski definition) is 1.